The first-order valence-corrected chi connectivity index (χ1v) is 16.9. The molecule has 3 unspecified atom stereocenters. The number of aliphatic hydroxyl groups excluding tert-OH is 1. The largest absolute Gasteiger partial charge is 0.452 e. The highest BCUT2D eigenvalue weighted by Crippen LogP contribution is 2.37. The first kappa shape index (κ1) is 32.6. The second-order valence-corrected chi connectivity index (χ2v) is 13.4. The van der Waals surface area contributed by atoms with Gasteiger partial charge in [-0.25, -0.2) is 13.2 Å². The maximum Gasteiger partial charge on any atom is 0.423 e. The molecule has 0 aromatic heterocycles. The number of nitrogens with zero attached hydrogens (tertiary/aromatic N) is 1. The SMILES string of the molecule is COC(=O)N(C1CCC(O[C@@H]2OC3COC(c4ccccc4)O[C@H]3[C@H](O)C2OCc2ccccc2)CC1)S(=O)(=O)c1ccccc1. The van der Waals surface area contributed by atoms with Gasteiger partial charge in [-0.2, -0.15) is 4.31 Å². The average Bonchev–Trinajstić information content (AvgIpc) is 3.10. The van der Waals surface area contributed by atoms with Crippen LogP contribution >= 0.6 is 0 Å². The van der Waals surface area contributed by atoms with Gasteiger partial charge in [-0.1, -0.05) is 78.9 Å². The molecule has 3 aromatic rings. The van der Waals surface area contributed by atoms with Gasteiger partial charge in [-0.15, -0.1) is 0 Å². The average molecular weight is 654 g/mol. The molecule has 2 heterocycles. The molecule has 3 aliphatic rings. The van der Waals surface area contributed by atoms with Crippen LogP contribution in [0.1, 0.15) is 43.1 Å². The number of methoxy groups -OCH3 is 1. The molecule has 246 valence electrons. The summed E-state index contributed by atoms with van der Waals surface area (Å²) >= 11 is 0. The van der Waals surface area contributed by atoms with Gasteiger partial charge >= 0.3 is 6.09 Å². The number of carbonyl (C=O) groups is 1. The molecule has 0 spiro atoms. The van der Waals surface area contributed by atoms with E-state index >= 15 is 0 Å². The summed E-state index contributed by atoms with van der Waals surface area (Å²) in [4.78, 5) is 12.8. The lowest BCUT2D eigenvalue weighted by atomic mass is 9.92. The van der Waals surface area contributed by atoms with E-state index in [0.717, 1.165) is 15.4 Å². The molecule has 12 heteroatoms. The van der Waals surface area contributed by atoms with Crippen molar-refractivity contribution in [2.45, 2.75) is 86.3 Å². The number of carbonyl (C=O) groups excluding carboxylic acids is 1. The molecule has 1 aliphatic carbocycles. The Morgan fingerprint density at radius 3 is 2.17 bits per heavy atom. The molecule has 1 amide bonds. The lowest BCUT2D eigenvalue weighted by Gasteiger charge is -2.48. The highest BCUT2D eigenvalue weighted by atomic mass is 32.2. The number of fused-ring (bicyclic) bond motifs is 1. The van der Waals surface area contributed by atoms with Crippen LogP contribution in [-0.4, -0.2) is 80.5 Å². The van der Waals surface area contributed by atoms with Gasteiger partial charge in [-0.3, -0.25) is 0 Å². The number of benzene rings is 3. The van der Waals surface area contributed by atoms with Crippen molar-refractivity contribution in [2.75, 3.05) is 13.7 Å². The fourth-order valence-electron chi connectivity index (χ4n) is 6.24. The number of amides is 1. The molecule has 6 atom stereocenters. The summed E-state index contributed by atoms with van der Waals surface area (Å²) in [6, 6.07) is 26.3. The molecule has 0 bridgehead atoms. The zero-order valence-corrected chi connectivity index (χ0v) is 26.3. The zero-order chi connectivity index (χ0) is 32.1. The van der Waals surface area contributed by atoms with E-state index in [1.54, 1.807) is 18.2 Å². The number of aliphatic hydroxyl groups is 1. The van der Waals surface area contributed by atoms with E-state index in [2.05, 4.69) is 0 Å². The molecule has 2 saturated heterocycles. The third kappa shape index (κ3) is 7.13. The molecule has 46 heavy (non-hydrogen) atoms. The van der Waals surface area contributed by atoms with E-state index in [4.69, 9.17) is 28.4 Å². The standard InChI is InChI=1S/C34H39NO10S/c1-40-34(37)35(46(38,39)27-15-9-4-10-16-27)25-17-19-26(20-18-25)43-33-31(41-21-23-11-5-2-6-12-23)29(36)30-28(44-33)22-42-32(45-30)24-13-7-3-8-14-24/h2-16,25-26,28-33,36H,17-22H2,1H3/t25?,26?,28?,29-,30+,31?,32?,33+/m0/s1. The Morgan fingerprint density at radius 2 is 1.52 bits per heavy atom. The van der Waals surface area contributed by atoms with E-state index < -0.39 is 59.2 Å². The third-order valence-corrected chi connectivity index (χ3v) is 10.5. The minimum absolute atomic E-state index is 0.0164. The summed E-state index contributed by atoms with van der Waals surface area (Å²) < 4.78 is 63.9. The van der Waals surface area contributed by atoms with Gasteiger partial charge < -0.3 is 33.5 Å². The first-order chi connectivity index (χ1) is 22.3. The minimum atomic E-state index is -4.13. The van der Waals surface area contributed by atoms with E-state index in [-0.39, 0.29) is 24.2 Å². The van der Waals surface area contributed by atoms with Crippen LogP contribution in [0.4, 0.5) is 4.79 Å². The van der Waals surface area contributed by atoms with E-state index in [1.165, 1.54) is 19.2 Å². The van der Waals surface area contributed by atoms with Crippen LogP contribution in [0.3, 0.4) is 0 Å². The second kappa shape index (κ2) is 14.6. The van der Waals surface area contributed by atoms with Gasteiger partial charge in [0.2, 0.25) is 0 Å². The number of sulfonamides is 1. The van der Waals surface area contributed by atoms with Gasteiger partial charge in [0.25, 0.3) is 10.0 Å². The molecule has 1 saturated carbocycles. The normalized spacial score (nSPS) is 29.8. The van der Waals surface area contributed by atoms with Crippen molar-refractivity contribution in [3.8, 4) is 0 Å². The zero-order valence-electron chi connectivity index (χ0n) is 25.5. The topological polar surface area (TPSA) is 130 Å². The lowest BCUT2D eigenvalue weighted by Crippen LogP contribution is -2.63. The Bertz CT molecular complexity index is 1520. The molecule has 6 rings (SSSR count). The van der Waals surface area contributed by atoms with Gasteiger partial charge in [0.15, 0.2) is 12.6 Å². The lowest BCUT2D eigenvalue weighted by molar-refractivity contribution is -0.372. The smallest absolute Gasteiger partial charge is 0.423 e. The highest BCUT2D eigenvalue weighted by Gasteiger charge is 2.51. The Balaban J connectivity index is 1.15. The van der Waals surface area contributed by atoms with Crippen LogP contribution in [0.2, 0.25) is 0 Å². The predicted octanol–water partition coefficient (Wildman–Crippen LogP) is 4.56. The van der Waals surface area contributed by atoms with Gasteiger partial charge in [-0.05, 0) is 43.4 Å². The van der Waals surface area contributed by atoms with Gasteiger partial charge in [0, 0.05) is 5.56 Å². The molecule has 0 radical (unpaired) electrons. The number of hydrogen-bond donors (Lipinski definition) is 1. The maximum absolute atomic E-state index is 13.5. The van der Waals surface area contributed by atoms with E-state index in [1.807, 2.05) is 60.7 Å². The number of ether oxygens (including phenoxy) is 6. The molecular formula is C34H39NO10S. The monoisotopic (exact) mass is 653 g/mol. The Hall–Kier alpha value is -3.36. The highest BCUT2D eigenvalue weighted by molar-refractivity contribution is 7.89. The van der Waals surface area contributed by atoms with Crippen molar-refractivity contribution in [1.82, 2.24) is 4.31 Å². The minimum Gasteiger partial charge on any atom is -0.452 e. The van der Waals surface area contributed by atoms with Gasteiger partial charge in [0.1, 0.15) is 24.4 Å². The maximum atomic E-state index is 13.5. The second-order valence-electron chi connectivity index (χ2n) is 11.6. The van der Waals surface area contributed by atoms with E-state index in [0.29, 0.717) is 25.7 Å². The summed E-state index contributed by atoms with van der Waals surface area (Å²) in [5.74, 6) is 0. The van der Waals surface area contributed by atoms with Crippen molar-refractivity contribution < 1.29 is 46.7 Å². The number of rotatable bonds is 9. The first-order valence-electron chi connectivity index (χ1n) is 15.5. The Labute approximate surface area is 269 Å². The van der Waals surface area contributed by atoms with Crippen molar-refractivity contribution in [2.24, 2.45) is 0 Å². The van der Waals surface area contributed by atoms with Crippen LogP contribution in [-0.2, 0) is 45.1 Å². The summed E-state index contributed by atoms with van der Waals surface area (Å²) in [7, 11) is -2.97. The fourth-order valence-corrected chi connectivity index (χ4v) is 7.85. The summed E-state index contributed by atoms with van der Waals surface area (Å²) in [6.07, 6.45) is -4.54. The fraction of sp³-hybridized carbons (Fsp3) is 0.441. The Kier molecular flexibility index (Phi) is 10.3. The summed E-state index contributed by atoms with van der Waals surface area (Å²) in [5.41, 5.74) is 1.76. The quantitative estimate of drug-likeness (QED) is 0.351. The molecule has 3 aromatic carbocycles. The van der Waals surface area contributed by atoms with Crippen molar-refractivity contribution in [3.05, 3.63) is 102 Å². The summed E-state index contributed by atoms with van der Waals surface area (Å²) in [6.45, 7) is 0.407. The number of hydrogen-bond acceptors (Lipinski definition) is 10. The Morgan fingerprint density at radius 1 is 0.891 bits per heavy atom. The van der Waals surface area contributed by atoms with Crippen molar-refractivity contribution in [3.63, 3.8) is 0 Å². The molecule has 11 nitrogen and oxygen atoms in total. The van der Waals surface area contributed by atoms with Crippen LogP contribution in [0.25, 0.3) is 0 Å². The molecular weight excluding hydrogens is 614 g/mol. The predicted molar refractivity (Wildman–Crippen MR) is 165 cm³/mol. The van der Waals surface area contributed by atoms with Crippen LogP contribution in [0.5, 0.6) is 0 Å². The molecule has 3 fully saturated rings. The van der Waals surface area contributed by atoms with Crippen molar-refractivity contribution >= 4 is 16.1 Å². The van der Waals surface area contributed by atoms with Crippen LogP contribution < -0.4 is 0 Å². The molecule has 2 aliphatic heterocycles. The molecule has 1 N–H and O–H groups in total. The third-order valence-electron chi connectivity index (χ3n) is 8.62. The van der Waals surface area contributed by atoms with Gasteiger partial charge in [0.05, 0.1) is 37.4 Å². The van der Waals surface area contributed by atoms with Crippen LogP contribution in [0.15, 0.2) is 95.9 Å². The van der Waals surface area contributed by atoms with Crippen molar-refractivity contribution in [1.29, 1.82) is 0 Å². The summed E-state index contributed by atoms with van der Waals surface area (Å²) in [5, 5.41) is 11.6. The van der Waals surface area contributed by atoms with Crippen LogP contribution in [0, 0.1) is 0 Å². The van der Waals surface area contributed by atoms with E-state index in [9.17, 15) is 18.3 Å².